The van der Waals surface area contributed by atoms with Crippen LogP contribution in [0.3, 0.4) is 0 Å². The first-order chi connectivity index (χ1) is 5.70. The maximum Gasteiger partial charge on any atom is 0.0795 e. The maximum atomic E-state index is 9.27. The van der Waals surface area contributed by atoms with Crippen LogP contribution in [0.1, 0.15) is 19.8 Å². The molecule has 0 aromatic rings. The largest absolute Gasteiger partial charge is 0.394 e. The molecule has 0 aliphatic carbocycles. The molecule has 4 heteroatoms. The molecule has 4 nitrogen and oxygen atoms in total. The first kappa shape index (κ1) is 11.8. The standard InChI is InChI=1S/C8H19NO3/c1-2-9-4-3-7(11)5-8(12)6-10/h7-12H,2-6H2,1H3. The van der Waals surface area contributed by atoms with Crippen molar-refractivity contribution in [3.8, 4) is 0 Å². The van der Waals surface area contributed by atoms with E-state index < -0.39 is 12.2 Å². The van der Waals surface area contributed by atoms with Crippen molar-refractivity contribution in [3.63, 3.8) is 0 Å². The summed E-state index contributed by atoms with van der Waals surface area (Å²) in [5, 5.41) is 29.8. The van der Waals surface area contributed by atoms with Crippen LogP contribution >= 0.6 is 0 Å². The van der Waals surface area contributed by atoms with Crippen LogP contribution in [0.5, 0.6) is 0 Å². The molecule has 0 heterocycles. The van der Waals surface area contributed by atoms with Gasteiger partial charge >= 0.3 is 0 Å². The SMILES string of the molecule is CCNCCC(O)CC(O)CO. The van der Waals surface area contributed by atoms with Crippen LogP contribution < -0.4 is 5.32 Å². The zero-order chi connectivity index (χ0) is 9.40. The average molecular weight is 177 g/mol. The molecule has 0 fully saturated rings. The minimum absolute atomic E-state index is 0.252. The Kier molecular flexibility index (Phi) is 7.39. The van der Waals surface area contributed by atoms with Crippen molar-refractivity contribution in [2.24, 2.45) is 0 Å². The van der Waals surface area contributed by atoms with E-state index in [2.05, 4.69) is 5.32 Å². The van der Waals surface area contributed by atoms with Gasteiger partial charge in [-0.15, -0.1) is 0 Å². The van der Waals surface area contributed by atoms with Crippen LogP contribution in [0.25, 0.3) is 0 Å². The van der Waals surface area contributed by atoms with E-state index in [1.807, 2.05) is 6.92 Å². The van der Waals surface area contributed by atoms with E-state index in [4.69, 9.17) is 10.2 Å². The lowest BCUT2D eigenvalue weighted by molar-refractivity contribution is 0.0391. The average Bonchev–Trinajstić information content (AvgIpc) is 2.05. The van der Waals surface area contributed by atoms with Gasteiger partial charge in [0.15, 0.2) is 0 Å². The van der Waals surface area contributed by atoms with Gasteiger partial charge in [-0.05, 0) is 19.5 Å². The van der Waals surface area contributed by atoms with E-state index in [0.29, 0.717) is 6.42 Å². The second-order valence-corrected chi connectivity index (χ2v) is 2.87. The van der Waals surface area contributed by atoms with Gasteiger partial charge in [-0.1, -0.05) is 6.92 Å². The molecule has 0 aliphatic heterocycles. The molecule has 0 saturated heterocycles. The minimum atomic E-state index is -0.790. The molecule has 0 bridgehead atoms. The van der Waals surface area contributed by atoms with Crippen molar-refractivity contribution in [3.05, 3.63) is 0 Å². The predicted octanol–water partition coefficient (Wildman–Crippen LogP) is -0.910. The van der Waals surface area contributed by atoms with Gasteiger partial charge in [0.25, 0.3) is 0 Å². The number of rotatable bonds is 7. The third-order valence-corrected chi connectivity index (χ3v) is 1.66. The van der Waals surface area contributed by atoms with E-state index in [-0.39, 0.29) is 13.0 Å². The molecule has 0 amide bonds. The summed E-state index contributed by atoms with van der Waals surface area (Å²) in [6, 6.07) is 0. The molecule has 12 heavy (non-hydrogen) atoms. The molecular weight excluding hydrogens is 158 g/mol. The van der Waals surface area contributed by atoms with Gasteiger partial charge in [0, 0.05) is 6.42 Å². The van der Waals surface area contributed by atoms with Gasteiger partial charge in [0.05, 0.1) is 18.8 Å². The van der Waals surface area contributed by atoms with Crippen molar-refractivity contribution in [2.75, 3.05) is 19.7 Å². The Morgan fingerprint density at radius 1 is 1.25 bits per heavy atom. The fourth-order valence-corrected chi connectivity index (χ4v) is 0.952. The first-order valence-electron chi connectivity index (χ1n) is 4.38. The second kappa shape index (κ2) is 7.49. The molecule has 0 saturated carbocycles. The number of aliphatic hydroxyl groups is 3. The third kappa shape index (κ3) is 6.54. The first-order valence-corrected chi connectivity index (χ1v) is 4.38. The van der Waals surface area contributed by atoms with Crippen molar-refractivity contribution in [1.82, 2.24) is 5.32 Å². The van der Waals surface area contributed by atoms with Crippen molar-refractivity contribution in [1.29, 1.82) is 0 Å². The molecule has 0 aliphatic rings. The summed E-state index contributed by atoms with van der Waals surface area (Å²) in [5.74, 6) is 0. The summed E-state index contributed by atoms with van der Waals surface area (Å²) in [6.45, 7) is 3.35. The zero-order valence-corrected chi connectivity index (χ0v) is 7.53. The number of hydrogen-bond acceptors (Lipinski definition) is 4. The Bertz CT molecular complexity index is 100. The molecule has 74 valence electrons. The highest BCUT2D eigenvalue weighted by atomic mass is 16.3. The smallest absolute Gasteiger partial charge is 0.0795 e. The molecular formula is C8H19NO3. The van der Waals surface area contributed by atoms with Gasteiger partial charge in [-0.3, -0.25) is 0 Å². The molecule has 0 aromatic carbocycles. The Morgan fingerprint density at radius 2 is 1.92 bits per heavy atom. The van der Waals surface area contributed by atoms with E-state index >= 15 is 0 Å². The van der Waals surface area contributed by atoms with Crippen LogP contribution in [0, 0.1) is 0 Å². The Morgan fingerprint density at radius 3 is 2.42 bits per heavy atom. The predicted molar refractivity (Wildman–Crippen MR) is 46.9 cm³/mol. The fraction of sp³-hybridized carbons (Fsp3) is 1.00. The highest BCUT2D eigenvalue weighted by molar-refractivity contribution is 4.63. The number of hydrogen-bond donors (Lipinski definition) is 4. The van der Waals surface area contributed by atoms with Gasteiger partial charge in [-0.2, -0.15) is 0 Å². The summed E-state index contributed by atoms with van der Waals surface area (Å²) in [5.41, 5.74) is 0. The third-order valence-electron chi connectivity index (χ3n) is 1.66. The molecule has 0 spiro atoms. The van der Waals surface area contributed by atoms with E-state index in [1.165, 1.54) is 0 Å². The van der Waals surface area contributed by atoms with Crippen LogP contribution in [0.4, 0.5) is 0 Å². The fourth-order valence-electron chi connectivity index (χ4n) is 0.952. The minimum Gasteiger partial charge on any atom is -0.394 e. The Labute approximate surface area is 73.2 Å². The van der Waals surface area contributed by atoms with E-state index in [0.717, 1.165) is 13.1 Å². The van der Waals surface area contributed by atoms with Gasteiger partial charge < -0.3 is 20.6 Å². The highest BCUT2D eigenvalue weighted by Crippen LogP contribution is 2.00. The lowest BCUT2D eigenvalue weighted by atomic mass is 10.1. The summed E-state index contributed by atoms with van der Waals surface area (Å²) in [7, 11) is 0. The number of aliphatic hydroxyl groups excluding tert-OH is 3. The quantitative estimate of drug-likeness (QED) is 0.380. The van der Waals surface area contributed by atoms with E-state index in [1.54, 1.807) is 0 Å². The van der Waals surface area contributed by atoms with Crippen LogP contribution in [-0.4, -0.2) is 47.2 Å². The van der Waals surface area contributed by atoms with Crippen LogP contribution in [-0.2, 0) is 0 Å². The van der Waals surface area contributed by atoms with Crippen LogP contribution in [0.15, 0.2) is 0 Å². The molecule has 2 atom stereocenters. The lowest BCUT2D eigenvalue weighted by Gasteiger charge is -2.13. The summed E-state index contributed by atoms with van der Waals surface area (Å²) >= 11 is 0. The lowest BCUT2D eigenvalue weighted by Crippen LogP contribution is -2.25. The molecule has 0 radical (unpaired) electrons. The summed E-state index contributed by atoms with van der Waals surface area (Å²) < 4.78 is 0. The summed E-state index contributed by atoms with van der Waals surface area (Å²) in [4.78, 5) is 0. The molecule has 2 unspecified atom stereocenters. The molecule has 4 N–H and O–H groups in total. The second-order valence-electron chi connectivity index (χ2n) is 2.87. The topological polar surface area (TPSA) is 72.7 Å². The summed E-state index contributed by atoms with van der Waals surface area (Å²) in [6.07, 6.45) is -0.444. The van der Waals surface area contributed by atoms with Gasteiger partial charge in [0.1, 0.15) is 0 Å². The zero-order valence-electron chi connectivity index (χ0n) is 7.53. The molecule has 0 aromatic heterocycles. The molecule has 0 rings (SSSR count). The van der Waals surface area contributed by atoms with Crippen molar-refractivity contribution >= 4 is 0 Å². The van der Waals surface area contributed by atoms with Gasteiger partial charge in [-0.25, -0.2) is 0 Å². The highest BCUT2D eigenvalue weighted by Gasteiger charge is 2.09. The maximum absolute atomic E-state index is 9.27. The van der Waals surface area contributed by atoms with Crippen molar-refractivity contribution < 1.29 is 15.3 Å². The normalized spacial score (nSPS) is 16.0. The van der Waals surface area contributed by atoms with E-state index in [9.17, 15) is 5.11 Å². The van der Waals surface area contributed by atoms with Gasteiger partial charge in [0.2, 0.25) is 0 Å². The Balaban J connectivity index is 3.26. The number of nitrogens with one attached hydrogen (secondary N) is 1. The van der Waals surface area contributed by atoms with Crippen LogP contribution in [0.2, 0.25) is 0 Å². The van der Waals surface area contributed by atoms with Crippen molar-refractivity contribution in [2.45, 2.75) is 32.0 Å². The Hall–Kier alpha value is -0.160. The monoisotopic (exact) mass is 177 g/mol.